The molecular formula is C21H28N2O3. The lowest BCUT2D eigenvalue weighted by molar-refractivity contribution is -0.130. The zero-order chi connectivity index (χ0) is 18.7. The maximum absolute atomic E-state index is 12.4. The molecule has 0 saturated heterocycles. The summed E-state index contributed by atoms with van der Waals surface area (Å²) in [5.74, 6) is 0.241. The third-order valence-corrected chi connectivity index (χ3v) is 5.58. The molecule has 1 fully saturated rings. The van der Waals surface area contributed by atoms with Crippen LogP contribution in [0.1, 0.15) is 71.2 Å². The van der Waals surface area contributed by atoms with Gasteiger partial charge in [0.1, 0.15) is 0 Å². The number of rotatable bonds is 6. The number of hydrogen-bond donors (Lipinski definition) is 0. The van der Waals surface area contributed by atoms with Crippen LogP contribution in [-0.2, 0) is 4.79 Å². The highest BCUT2D eigenvalue weighted by Crippen LogP contribution is 2.25. The minimum atomic E-state index is -0.243. The van der Waals surface area contributed by atoms with E-state index in [2.05, 4.69) is 0 Å². The van der Waals surface area contributed by atoms with Gasteiger partial charge in [0, 0.05) is 26.6 Å². The number of aryl methyl sites for hydroxylation is 1. The third-order valence-electron chi connectivity index (χ3n) is 5.58. The summed E-state index contributed by atoms with van der Waals surface area (Å²) in [6.07, 6.45) is 7.16. The molecule has 26 heavy (non-hydrogen) atoms. The average molecular weight is 356 g/mol. The molecule has 2 aliphatic rings. The molecule has 5 heteroatoms. The maximum atomic E-state index is 12.4. The van der Waals surface area contributed by atoms with Crippen LogP contribution in [0.25, 0.3) is 0 Å². The van der Waals surface area contributed by atoms with E-state index in [1.165, 1.54) is 37.0 Å². The molecule has 0 spiro atoms. The number of carbonyl (C=O) groups is 3. The first-order valence-electron chi connectivity index (χ1n) is 9.68. The van der Waals surface area contributed by atoms with Gasteiger partial charge >= 0.3 is 0 Å². The molecule has 0 unspecified atom stereocenters. The van der Waals surface area contributed by atoms with Gasteiger partial charge in [-0.1, -0.05) is 30.9 Å². The van der Waals surface area contributed by atoms with Gasteiger partial charge in [-0.15, -0.1) is 0 Å². The average Bonchev–Trinajstić information content (AvgIpc) is 2.86. The SMILES string of the molecule is Cc1ccc2c(c1)C(=O)N(CCCC(=O)N(C)CC1CCCCC1)C2=O. The van der Waals surface area contributed by atoms with Gasteiger partial charge in [0.25, 0.3) is 11.8 Å². The van der Waals surface area contributed by atoms with Crippen molar-refractivity contribution in [2.24, 2.45) is 5.92 Å². The summed E-state index contributed by atoms with van der Waals surface area (Å²) in [4.78, 5) is 40.3. The van der Waals surface area contributed by atoms with Gasteiger partial charge in [-0.05, 0) is 44.2 Å². The van der Waals surface area contributed by atoms with Gasteiger partial charge in [0.15, 0.2) is 0 Å². The smallest absolute Gasteiger partial charge is 0.261 e. The van der Waals surface area contributed by atoms with Crippen LogP contribution < -0.4 is 0 Å². The Labute approximate surface area is 155 Å². The van der Waals surface area contributed by atoms with Crippen molar-refractivity contribution >= 4 is 17.7 Å². The molecule has 1 aromatic carbocycles. The molecule has 0 radical (unpaired) electrons. The predicted octanol–water partition coefficient (Wildman–Crippen LogP) is 3.41. The molecule has 0 bridgehead atoms. The van der Waals surface area contributed by atoms with E-state index < -0.39 is 0 Å². The first kappa shape index (κ1) is 18.6. The molecule has 3 rings (SSSR count). The molecule has 1 aliphatic heterocycles. The number of benzene rings is 1. The van der Waals surface area contributed by atoms with Crippen LogP contribution in [0, 0.1) is 12.8 Å². The largest absolute Gasteiger partial charge is 0.345 e. The fourth-order valence-corrected chi connectivity index (χ4v) is 4.05. The highest BCUT2D eigenvalue weighted by atomic mass is 16.2. The number of fused-ring (bicyclic) bond motifs is 1. The van der Waals surface area contributed by atoms with Crippen LogP contribution in [0.4, 0.5) is 0 Å². The molecule has 0 atom stereocenters. The molecule has 1 heterocycles. The Morgan fingerprint density at radius 2 is 1.81 bits per heavy atom. The summed E-state index contributed by atoms with van der Waals surface area (Å²) in [5.41, 5.74) is 1.92. The van der Waals surface area contributed by atoms with Crippen molar-refractivity contribution in [1.29, 1.82) is 0 Å². The van der Waals surface area contributed by atoms with Crippen molar-refractivity contribution in [3.8, 4) is 0 Å². The summed E-state index contributed by atoms with van der Waals surface area (Å²) < 4.78 is 0. The number of hydrogen-bond acceptors (Lipinski definition) is 3. The highest BCUT2D eigenvalue weighted by molar-refractivity contribution is 6.21. The van der Waals surface area contributed by atoms with Crippen molar-refractivity contribution < 1.29 is 14.4 Å². The fourth-order valence-electron chi connectivity index (χ4n) is 4.05. The number of amides is 3. The van der Waals surface area contributed by atoms with Gasteiger partial charge < -0.3 is 4.90 Å². The molecule has 0 aromatic heterocycles. The molecule has 3 amide bonds. The zero-order valence-corrected chi connectivity index (χ0v) is 15.8. The molecule has 0 N–H and O–H groups in total. The maximum Gasteiger partial charge on any atom is 0.261 e. The van der Waals surface area contributed by atoms with E-state index in [1.54, 1.807) is 12.1 Å². The van der Waals surface area contributed by atoms with Crippen LogP contribution in [0.3, 0.4) is 0 Å². The van der Waals surface area contributed by atoms with E-state index in [1.807, 2.05) is 24.9 Å². The summed E-state index contributed by atoms with van der Waals surface area (Å²) in [6.45, 7) is 3.03. The summed E-state index contributed by atoms with van der Waals surface area (Å²) in [6, 6.07) is 5.32. The van der Waals surface area contributed by atoms with Crippen molar-refractivity contribution in [3.63, 3.8) is 0 Å². The minimum Gasteiger partial charge on any atom is -0.345 e. The molecule has 1 aliphatic carbocycles. The normalized spacial score (nSPS) is 17.5. The van der Waals surface area contributed by atoms with Crippen LogP contribution >= 0.6 is 0 Å². The number of carbonyl (C=O) groups excluding carboxylic acids is 3. The molecule has 140 valence electrons. The number of imide groups is 1. The van der Waals surface area contributed by atoms with E-state index in [-0.39, 0.29) is 17.7 Å². The van der Waals surface area contributed by atoms with Crippen molar-refractivity contribution in [1.82, 2.24) is 9.80 Å². The first-order chi connectivity index (χ1) is 12.5. The number of nitrogens with zero attached hydrogens (tertiary/aromatic N) is 2. The van der Waals surface area contributed by atoms with Crippen LogP contribution in [-0.4, -0.2) is 47.7 Å². The van der Waals surface area contributed by atoms with Gasteiger partial charge in [0.2, 0.25) is 5.91 Å². The summed E-state index contributed by atoms with van der Waals surface area (Å²) in [7, 11) is 1.86. The Balaban J connectivity index is 1.48. The molecule has 5 nitrogen and oxygen atoms in total. The molecule has 1 saturated carbocycles. The summed E-state index contributed by atoms with van der Waals surface area (Å²) >= 11 is 0. The monoisotopic (exact) mass is 356 g/mol. The zero-order valence-electron chi connectivity index (χ0n) is 15.8. The van der Waals surface area contributed by atoms with Gasteiger partial charge in [-0.2, -0.15) is 0 Å². The Morgan fingerprint density at radius 1 is 1.12 bits per heavy atom. The predicted molar refractivity (Wildman–Crippen MR) is 100.0 cm³/mol. The van der Waals surface area contributed by atoms with E-state index in [9.17, 15) is 14.4 Å². The van der Waals surface area contributed by atoms with Crippen molar-refractivity contribution in [2.75, 3.05) is 20.1 Å². The highest BCUT2D eigenvalue weighted by Gasteiger charge is 2.35. The van der Waals surface area contributed by atoms with Crippen molar-refractivity contribution in [3.05, 3.63) is 34.9 Å². The Hall–Kier alpha value is -2.17. The van der Waals surface area contributed by atoms with E-state index in [0.717, 1.165) is 12.1 Å². The second-order valence-corrected chi connectivity index (χ2v) is 7.69. The Morgan fingerprint density at radius 3 is 2.54 bits per heavy atom. The lowest BCUT2D eigenvalue weighted by Gasteiger charge is -2.27. The lowest BCUT2D eigenvalue weighted by atomic mass is 9.89. The first-order valence-corrected chi connectivity index (χ1v) is 9.68. The Bertz CT molecular complexity index is 707. The van der Waals surface area contributed by atoms with Gasteiger partial charge in [0.05, 0.1) is 11.1 Å². The topological polar surface area (TPSA) is 57.7 Å². The van der Waals surface area contributed by atoms with Crippen LogP contribution in [0.15, 0.2) is 18.2 Å². The second kappa shape index (κ2) is 8.02. The lowest BCUT2D eigenvalue weighted by Crippen LogP contribution is -2.34. The second-order valence-electron chi connectivity index (χ2n) is 7.69. The molecule has 1 aromatic rings. The van der Waals surface area contributed by atoms with Gasteiger partial charge in [-0.25, -0.2) is 0 Å². The van der Waals surface area contributed by atoms with Crippen molar-refractivity contribution in [2.45, 2.75) is 51.9 Å². The summed E-state index contributed by atoms with van der Waals surface area (Å²) in [5, 5.41) is 0. The standard InChI is InChI=1S/C21H28N2O3/c1-15-10-11-17-18(13-15)21(26)23(20(17)25)12-6-9-19(24)22(2)14-16-7-4-3-5-8-16/h10-11,13,16H,3-9,12,14H2,1-2H3. The van der Waals surface area contributed by atoms with Gasteiger partial charge in [-0.3, -0.25) is 19.3 Å². The fraction of sp³-hybridized carbons (Fsp3) is 0.571. The Kier molecular flexibility index (Phi) is 5.74. The quantitative estimate of drug-likeness (QED) is 0.734. The van der Waals surface area contributed by atoms with Crippen LogP contribution in [0.2, 0.25) is 0 Å². The molecular weight excluding hydrogens is 328 g/mol. The third kappa shape index (κ3) is 3.97. The van der Waals surface area contributed by atoms with E-state index in [0.29, 0.717) is 36.4 Å². The van der Waals surface area contributed by atoms with E-state index >= 15 is 0 Å². The van der Waals surface area contributed by atoms with Crippen LogP contribution in [0.5, 0.6) is 0 Å². The minimum absolute atomic E-state index is 0.100. The van der Waals surface area contributed by atoms with E-state index in [4.69, 9.17) is 0 Å².